The molecule has 0 bridgehead atoms. The van der Waals surface area contributed by atoms with Crippen molar-refractivity contribution in [1.82, 2.24) is 15.0 Å². The molecule has 0 aliphatic rings. The molecule has 0 aliphatic heterocycles. The van der Waals surface area contributed by atoms with Gasteiger partial charge in [0.15, 0.2) is 5.82 Å². The Labute approximate surface area is 317 Å². The van der Waals surface area contributed by atoms with Gasteiger partial charge in [-0.05, 0) is 109 Å². The largest absolute Gasteiger partial charge is 0.456 e. The Morgan fingerprint density at radius 1 is 0.327 bits per heavy atom. The third-order valence-electron chi connectivity index (χ3n) is 10.8. The van der Waals surface area contributed by atoms with Crippen molar-refractivity contribution >= 4 is 54.3 Å². The second kappa shape index (κ2) is 12.6. The lowest BCUT2D eigenvalue weighted by molar-refractivity contribution is 0.669. The van der Waals surface area contributed by atoms with E-state index in [0.717, 1.165) is 72.3 Å². The van der Waals surface area contributed by atoms with Crippen LogP contribution in [0.3, 0.4) is 0 Å². The standard InChI is InChI=1S/C51H31N3O/c1-2-11-33(12-3-1)51-53-46(31-47(54-51)43-18-10-20-49-50(43)44-17-8-9-19-48(44)55-49)37-28-35(32-23-25-52-26-24-32)27-36(29-37)34-21-22-42-40-15-5-4-13-38(40)39-14-6-7-16-41(39)45(42)30-34/h1-31H. The Bertz CT molecular complexity index is 3220. The average molecular weight is 702 g/mol. The smallest absolute Gasteiger partial charge is 0.160 e. The predicted molar refractivity (Wildman–Crippen MR) is 227 cm³/mol. The third kappa shape index (κ3) is 5.26. The lowest BCUT2D eigenvalue weighted by atomic mass is 9.90. The molecule has 4 heteroatoms. The zero-order valence-corrected chi connectivity index (χ0v) is 29.6. The van der Waals surface area contributed by atoms with Gasteiger partial charge >= 0.3 is 0 Å². The van der Waals surface area contributed by atoms with Crippen LogP contribution in [0.5, 0.6) is 0 Å². The van der Waals surface area contributed by atoms with Crippen LogP contribution in [0.2, 0.25) is 0 Å². The van der Waals surface area contributed by atoms with E-state index in [-0.39, 0.29) is 0 Å². The molecule has 0 unspecified atom stereocenters. The molecule has 8 aromatic carbocycles. The first-order valence-electron chi connectivity index (χ1n) is 18.5. The fourth-order valence-electron chi connectivity index (χ4n) is 8.18. The number of rotatable bonds is 5. The second-order valence-electron chi connectivity index (χ2n) is 14.0. The number of furan rings is 1. The van der Waals surface area contributed by atoms with Crippen LogP contribution < -0.4 is 0 Å². The highest BCUT2D eigenvalue weighted by molar-refractivity contribution is 6.25. The van der Waals surface area contributed by atoms with Crippen LogP contribution in [0.4, 0.5) is 0 Å². The molecule has 0 spiro atoms. The highest BCUT2D eigenvalue weighted by atomic mass is 16.3. The number of nitrogens with zero attached hydrogens (tertiary/aromatic N) is 3. The summed E-state index contributed by atoms with van der Waals surface area (Å²) in [7, 11) is 0. The molecule has 3 heterocycles. The Balaban J connectivity index is 1.16. The van der Waals surface area contributed by atoms with Crippen molar-refractivity contribution in [3.8, 4) is 56.2 Å². The van der Waals surface area contributed by atoms with E-state index in [9.17, 15) is 0 Å². The zero-order chi connectivity index (χ0) is 36.3. The van der Waals surface area contributed by atoms with E-state index >= 15 is 0 Å². The number of hydrogen-bond donors (Lipinski definition) is 0. The number of hydrogen-bond acceptors (Lipinski definition) is 4. The summed E-state index contributed by atoms with van der Waals surface area (Å²) in [5.74, 6) is 0.665. The third-order valence-corrected chi connectivity index (χ3v) is 10.8. The van der Waals surface area contributed by atoms with E-state index in [1.54, 1.807) is 0 Å². The van der Waals surface area contributed by atoms with Crippen molar-refractivity contribution < 1.29 is 4.42 Å². The number of para-hydroxylation sites is 1. The van der Waals surface area contributed by atoms with Crippen LogP contribution in [0.1, 0.15) is 0 Å². The van der Waals surface area contributed by atoms with E-state index in [1.165, 1.54) is 32.3 Å². The van der Waals surface area contributed by atoms with Gasteiger partial charge in [-0.15, -0.1) is 0 Å². The van der Waals surface area contributed by atoms with Crippen LogP contribution in [-0.4, -0.2) is 15.0 Å². The van der Waals surface area contributed by atoms with Crippen molar-refractivity contribution in [2.24, 2.45) is 0 Å². The van der Waals surface area contributed by atoms with Gasteiger partial charge in [-0.1, -0.05) is 121 Å². The van der Waals surface area contributed by atoms with Gasteiger partial charge < -0.3 is 4.42 Å². The van der Waals surface area contributed by atoms with Crippen molar-refractivity contribution in [3.63, 3.8) is 0 Å². The monoisotopic (exact) mass is 701 g/mol. The first kappa shape index (κ1) is 31.1. The summed E-state index contributed by atoms with van der Waals surface area (Å²) in [6.07, 6.45) is 3.70. The molecule has 3 aromatic heterocycles. The zero-order valence-electron chi connectivity index (χ0n) is 29.6. The molecule has 0 fully saturated rings. The lowest BCUT2D eigenvalue weighted by Crippen LogP contribution is -1.97. The van der Waals surface area contributed by atoms with Crippen molar-refractivity contribution in [1.29, 1.82) is 0 Å². The summed E-state index contributed by atoms with van der Waals surface area (Å²) in [6.45, 7) is 0. The first-order valence-corrected chi connectivity index (χ1v) is 18.5. The molecular formula is C51H31N3O. The van der Waals surface area contributed by atoms with Gasteiger partial charge in [0, 0.05) is 39.9 Å². The Kier molecular flexibility index (Phi) is 7.14. The maximum atomic E-state index is 6.31. The quantitative estimate of drug-likeness (QED) is 0.168. The summed E-state index contributed by atoms with van der Waals surface area (Å²) in [6, 6.07) is 62.0. The molecule has 0 saturated heterocycles. The summed E-state index contributed by atoms with van der Waals surface area (Å²) < 4.78 is 6.31. The van der Waals surface area contributed by atoms with E-state index in [2.05, 4.69) is 138 Å². The molecule has 55 heavy (non-hydrogen) atoms. The average Bonchev–Trinajstić information content (AvgIpc) is 3.66. The van der Waals surface area contributed by atoms with Crippen molar-refractivity contribution in [2.45, 2.75) is 0 Å². The summed E-state index contributed by atoms with van der Waals surface area (Å²) in [5, 5.41) is 9.63. The molecule has 256 valence electrons. The van der Waals surface area contributed by atoms with Crippen molar-refractivity contribution in [3.05, 3.63) is 188 Å². The van der Waals surface area contributed by atoms with Gasteiger partial charge in [-0.2, -0.15) is 0 Å². The molecule has 0 amide bonds. The maximum absolute atomic E-state index is 6.31. The Morgan fingerprint density at radius 3 is 1.65 bits per heavy atom. The number of fused-ring (bicyclic) bond motifs is 9. The number of pyridine rings is 1. The van der Waals surface area contributed by atoms with Gasteiger partial charge in [-0.25, -0.2) is 9.97 Å². The normalized spacial score (nSPS) is 11.6. The SMILES string of the molecule is c1ccc(-c2nc(-c3cc(-c4ccncc4)cc(-c4ccc5c6ccccc6c6ccccc6c5c4)c3)cc(-c3cccc4oc5ccccc5c34)n2)cc1. The lowest BCUT2D eigenvalue weighted by Gasteiger charge is -2.15. The molecule has 4 nitrogen and oxygen atoms in total. The van der Waals surface area contributed by atoms with E-state index in [4.69, 9.17) is 14.4 Å². The van der Waals surface area contributed by atoms with E-state index < -0.39 is 0 Å². The van der Waals surface area contributed by atoms with E-state index in [1.807, 2.05) is 54.9 Å². The molecule has 0 radical (unpaired) electrons. The second-order valence-corrected chi connectivity index (χ2v) is 14.0. The number of benzene rings is 8. The number of aromatic nitrogens is 3. The first-order chi connectivity index (χ1) is 27.2. The van der Waals surface area contributed by atoms with Gasteiger partial charge in [0.25, 0.3) is 0 Å². The predicted octanol–water partition coefficient (Wildman–Crippen LogP) is 13.6. The Hall–Kier alpha value is -7.43. The summed E-state index contributed by atoms with van der Waals surface area (Å²) >= 11 is 0. The summed E-state index contributed by atoms with van der Waals surface area (Å²) in [4.78, 5) is 14.8. The topological polar surface area (TPSA) is 51.8 Å². The summed E-state index contributed by atoms with van der Waals surface area (Å²) in [5.41, 5.74) is 10.7. The fraction of sp³-hybridized carbons (Fsp3) is 0. The minimum Gasteiger partial charge on any atom is -0.456 e. The van der Waals surface area contributed by atoms with E-state index in [0.29, 0.717) is 5.82 Å². The molecular weight excluding hydrogens is 671 g/mol. The minimum atomic E-state index is 0.665. The van der Waals surface area contributed by atoms with Gasteiger partial charge in [0.2, 0.25) is 0 Å². The molecule has 0 atom stereocenters. The van der Waals surface area contributed by atoms with Crippen LogP contribution in [0, 0.1) is 0 Å². The molecule has 11 rings (SSSR count). The highest BCUT2D eigenvalue weighted by Gasteiger charge is 2.18. The molecule has 0 aliphatic carbocycles. The van der Waals surface area contributed by atoms with Crippen LogP contribution >= 0.6 is 0 Å². The van der Waals surface area contributed by atoms with Gasteiger partial charge in [-0.3, -0.25) is 4.98 Å². The molecule has 0 saturated carbocycles. The fourth-order valence-corrected chi connectivity index (χ4v) is 8.18. The molecule has 11 aromatic rings. The molecule has 0 N–H and O–H groups in total. The van der Waals surface area contributed by atoms with Crippen LogP contribution in [0.25, 0.3) is 110 Å². The van der Waals surface area contributed by atoms with Crippen LogP contribution in [0.15, 0.2) is 193 Å². The van der Waals surface area contributed by atoms with Crippen molar-refractivity contribution in [2.75, 3.05) is 0 Å². The van der Waals surface area contributed by atoms with Crippen LogP contribution in [-0.2, 0) is 0 Å². The Morgan fingerprint density at radius 2 is 0.909 bits per heavy atom. The highest BCUT2D eigenvalue weighted by Crippen LogP contribution is 2.41. The van der Waals surface area contributed by atoms with Gasteiger partial charge in [0.05, 0.1) is 11.4 Å². The minimum absolute atomic E-state index is 0.665. The van der Waals surface area contributed by atoms with Gasteiger partial charge in [0.1, 0.15) is 11.2 Å². The maximum Gasteiger partial charge on any atom is 0.160 e.